The normalized spacial score (nSPS) is 10.3. The molecule has 0 saturated heterocycles. The number of aryl methyl sites for hydroxylation is 2. The third-order valence-electron chi connectivity index (χ3n) is 4.90. The van der Waals surface area contributed by atoms with E-state index in [4.69, 9.17) is 11.6 Å². The lowest BCUT2D eigenvalue weighted by Gasteiger charge is -2.11. The number of pyridine rings is 1. The molecule has 33 heavy (non-hydrogen) atoms. The molecule has 2 amide bonds. The van der Waals surface area contributed by atoms with Gasteiger partial charge in [0.15, 0.2) is 5.65 Å². The SMILES string of the molecule is Cc1ccc(C(=O)NNC(=O)c2c(C)cccc2Cl)cc1C#Cc1cnc2nccnc2c1. The standard InChI is InChI=1S/C25H18ClN5O2/c1-15-6-8-19(24(32)30-31-25(33)22-16(2)4-3-5-20(22)26)13-18(15)9-7-17-12-21-23(29-14-17)28-11-10-27-21/h3-6,8,10-14H,1-2H3,(H,30,32)(H,31,33). The van der Waals surface area contributed by atoms with Crippen LogP contribution in [-0.4, -0.2) is 26.8 Å². The third-order valence-corrected chi connectivity index (χ3v) is 5.22. The quantitative estimate of drug-likeness (QED) is 0.354. The van der Waals surface area contributed by atoms with Gasteiger partial charge in [0, 0.05) is 35.3 Å². The average molecular weight is 456 g/mol. The number of nitrogens with one attached hydrogen (secondary N) is 2. The number of aromatic nitrogens is 3. The molecule has 2 heterocycles. The highest BCUT2D eigenvalue weighted by Gasteiger charge is 2.15. The van der Waals surface area contributed by atoms with Crippen LogP contribution >= 0.6 is 11.6 Å². The van der Waals surface area contributed by atoms with Crippen LogP contribution in [0.3, 0.4) is 0 Å². The lowest BCUT2D eigenvalue weighted by Crippen LogP contribution is -2.42. The molecule has 0 unspecified atom stereocenters. The Hall–Kier alpha value is -4.28. The number of benzene rings is 2. The highest BCUT2D eigenvalue weighted by molar-refractivity contribution is 6.34. The van der Waals surface area contributed by atoms with Crippen LogP contribution in [0.2, 0.25) is 5.02 Å². The Labute approximate surface area is 195 Å². The van der Waals surface area contributed by atoms with E-state index in [0.717, 1.165) is 5.56 Å². The Morgan fingerprint density at radius 2 is 1.67 bits per heavy atom. The molecule has 0 aliphatic heterocycles. The molecule has 162 valence electrons. The van der Waals surface area contributed by atoms with Gasteiger partial charge >= 0.3 is 0 Å². The molecule has 0 bridgehead atoms. The molecule has 4 aromatic rings. The Kier molecular flexibility index (Phi) is 6.29. The zero-order valence-electron chi connectivity index (χ0n) is 17.8. The summed E-state index contributed by atoms with van der Waals surface area (Å²) in [4.78, 5) is 37.7. The van der Waals surface area contributed by atoms with Gasteiger partial charge in [-0.1, -0.05) is 41.6 Å². The van der Waals surface area contributed by atoms with Crippen molar-refractivity contribution < 1.29 is 9.59 Å². The molecule has 2 aromatic heterocycles. The molecular weight excluding hydrogens is 438 g/mol. The molecule has 8 heteroatoms. The second-order valence-corrected chi connectivity index (χ2v) is 7.65. The predicted molar refractivity (Wildman–Crippen MR) is 126 cm³/mol. The molecule has 2 aromatic carbocycles. The lowest BCUT2D eigenvalue weighted by atomic mass is 10.0. The van der Waals surface area contributed by atoms with Gasteiger partial charge in [0.2, 0.25) is 0 Å². The van der Waals surface area contributed by atoms with E-state index in [-0.39, 0.29) is 0 Å². The number of hydrogen-bond acceptors (Lipinski definition) is 5. The van der Waals surface area contributed by atoms with E-state index >= 15 is 0 Å². The first kappa shape index (κ1) is 21.9. The van der Waals surface area contributed by atoms with Crippen molar-refractivity contribution in [3.05, 3.63) is 99.5 Å². The maximum atomic E-state index is 12.6. The first-order valence-corrected chi connectivity index (χ1v) is 10.4. The summed E-state index contributed by atoms with van der Waals surface area (Å²) in [5, 5.41) is 0.309. The summed E-state index contributed by atoms with van der Waals surface area (Å²) in [7, 11) is 0. The summed E-state index contributed by atoms with van der Waals surface area (Å²) in [6, 6.07) is 12.1. The highest BCUT2D eigenvalue weighted by Crippen LogP contribution is 2.19. The monoisotopic (exact) mass is 455 g/mol. The van der Waals surface area contributed by atoms with Crippen molar-refractivity contribution >= 4 is 34.6 Å². The molecule has 0 radical (unpaired) electrons. The maximum absolute atomic E-state index is 12.6. The molecule has 2 N–H and O–H groups in total. The smallest absolute Gasteiger partial charge is 0.267 e. The van der Waals surface area contributed by atoms with Crippen LogP contribution < -0.4 is 10.9 Å². The largest absolute Gasteiger partial charge is 0.271 e. The van der Waals surface area contributed by atoms with Crippen LogP contribution in [0.1, 0.15) is 43.0 Å². The molecule has 0 spiro atoms. The summed E-state index contributed by atoms with van der Waals surface area (Å²) in [5.41, 5.74) is 9.66. The van der Waals surface area contributed by atoms with Crippen LogP contribution in [-0.2, 0) is 0 Å². The van der Waals surface area contributed by atoms with E-state index in [0.29, 0.717) is 44.0 Å². The van der Waals surface area contributed by atoms with Gasteiger partial charge < -0.3 is 0 Å². The van der Waals surface area contributed by atoms with Gasteiger partial charge in [0.1, 0.15) is 5.52 Å². The van der Waals surface area contributed by atoms with E-state index in [1.54, 1.807) is 68.0 Å². The van der Waals surface area contributed by atoms with Gasteiger partial charge in [0.05, 0.1) is 10.6 Å². The highest BCUT2D eigenvalue weighted by atomic mass is 35.5. The molecular formula is C25H18ClN5O2. The Morgan fingerprint density at radius 3 is 2.48 bits per heavy atom. The van der Waals surface area contributed by atoms with Gasteiger partial charge in [-0.05, 0) is 49.2 Å². The minimum absolute atomic E-state index is 0.309. The first-order valence-electron chi connectivity index (χ1n) is 9.97. The van der Waals surface area contributed by atoms with Crippen LogP contribution in [0.5, 0.6) is 0 Å². The zero-order valence-corrected chi connectivity index (χ0v) is 18.6. The fourth-order valence-electron chi connectivity index (χ4n) is 3.13. The van der Waals surface area contributed by atoms with Crippen molar-refractivity contribution in [1.29, 1.82) is 0 Å². The number of hydrazine groups is 1. The lowest BCUT2D eigenvalue weighted by molar-refractivity contribution is 0.0846. The van der Waals surface area contributed by atoms with Crippen molar-refractivity contribution in [3.8, 4) is 11.8 Å². The summed E-state index contributed by atoms with van der Waals surface area (Å²) >= 11 is 6.11. The molecule has 0 fully saturated rings. The first-order chi connectivity index (χ1) is 15.9. The molecule has 0 atom stereocenters. The molecule has 7 nitrogen and oxygen atoms in total. The molecule has 0 saturated carbocycles. The fourth-order valence-corrected chi connectivity index (χ4v) is 3.44. The summed E-state index contributed by atoms with van der Waals surface area (Å²) in [6.07, 6.45) is 4.81. The Bertz CT molecular complexity index is 1440. The zero-order chi connectivity index (χ0) is 23.4. The van der Waals surface area contributed by atoms with E-state index < -0.39 is 11.8 Å². The van der Waals surface area contributed by atoms with E-state index in [1.807, 2.05) is 6.92 Å². The third kappa shape index (κ3) is 4.97. The van der Waals surface area contributed by atoms with Crippen molar-refractivity contribution in [1.82, 2.24) is 25.8 Å². The maximum Gasteiger partial charge on any atom is 0.271 e. The van der Waals surface area contributed by atoms with Gasteiger partial charge in [-0.3, -0.25) is 25.4 Å². The minimum Gasteiger partial charge on any atom is -0.267 e. The van der Waals surface area contributed by atoms with Gasteiger partial charge in [0.25, 0.3) is 11.8 Å². The van der Waals surface area contributed by atoms with Crippen molar-refractivity contribution in [2.45, 2.75) is 13.8 Å². The van der Waals surface area contributed by atoms with Gasteiger partial charge in [-0.25, -0.2) is 9.97 Å². The van der Waals surface area contributed by atoms with E-state index in [9.17, 15) is 9.59 Å². The predicted octanol–water partition coefficient (Wildman–Crippen LogP) is 3.77. The van der Waals surface area contributed by atoms with Crippen LogP contribution in [0.4, 0.5) is 0 Å². The number of rotatable bonds is 2. The number of amides is 2. The topological polar surface area (TPSA) is 96.9 Å². The number of nitrogens with zero attached hydrogens (tertiary/aromatic N) is 3. The minimum atomic E-state index is -0.495. The Balaban J connectivity index is 1.50. The van der Waals surface area contributed by atoms with Crippen molar-refractivity contribution in [3.63, 3.8) is 0 Å². The second kappa shape index (κ2) is 9.47. The second-order valence-electron chi connectivity index (χ2n) is 7.24. The number of carbonyl (C=O) groups is 2. The molecule has 0 aliphatic carbocycles. The van der Waals surface area contributed by atoms with Gasteiger partial charge in [-0.2, -0.15) is 0 Å². The Morgan fingerprint density at radius 1 is 0.879 bits per heavy atom. The fraction of sp³-hybridized carbons (Fsp3) is 0.0800. The van der Waals surface area contributed by atoms with Crippen LogP contribution in [0.25, 0.3) is 11.2 Å². The van der Waals surface area contributed by atoms with Crippen molar-refractivity contribution in [2.75, 3.05) is 0 Å². The summed E-state index contributed by atoms with van der Waals surface area (Å²) < 4.78 is 0. The van der Waals surface area contributed by atoms with E-state index in [2.05, 4.69) is 37.6 Å². The van der Waals surface area contributed by atoms with Gasteiger partial charge in [-0.15, -0.1) is 0 Å². The average Bonchev–Trinajstić information content (AvgIpc) is 2.81. The summed E-state index contributed by atoms with van der Waals surface area (Å²) in [5.74, 6) is 5.15. The van der Waals surface area contributed by atoms with E-state index in [1.165, 1.54) is 0 Å². The number of fused-ring (bicyclic) bond motifs is 1. The molecule has 0 aliphatic rings. The number of hydrogen-bond donors (Lipinski definition) is 2. The number of carbonyl (C=O) groups excluding carboxylic acids is 2. The summed E-state index contributed by atoms with van der Waals surface area (Å²) in [6.45, 7) is 3.67. The van der Waals surface area contributed by atoms with Crippen molar-refractivity contribution in [2.24, 2.45) is 0 Å². The number of halogens is 1. The molecule has 4 rings (SSSR count). The van der Waals surface area contributed by atoms with Crippen LogP contribution in [0, 0.1) is 25.7 Å². The van der Waals surface area contributed by atoms with Crippen LogP contribution in [0.15, 0.2) is 61.1 Å².